The lowest BCUT2D eigenvalue weighted by Gasteiger charge is -2.09. The summed E-state index contributed by atoms with van der Waals surface area (Å²) in [5.41, 5.74) is 0.705. The van der Waals surface area contributed by atoms with Crippen LogP contribution in [-0.2, 0) is 14.3 Å². The summed E-state index contributed by atoms with van der Waals surface area (Å²) >= 11 is 1.05. The molecule has 1 aromatic heterocycles. The van der Waals surface area contributed by atoms with Crippen molar-refractivity contribution in [2.45, 2.75) is 13.8 Å². The smallest absolute Gasteiger partial charge is 0.341 e. The monoisotopic (exact) mass is 328 g/mol. The van der Waals surface area contributed by atoms with Gasteiger partial charge >= 0.3 is 5.97 Å². The fourth-order valence-electron chi connectivity index (χ4n) is 1.75. The first-order valence-corrected chi connectivity index (χ1v) is 7.46. The zero-order valence-electron chi connectivity index (χ0n) is 13.3. The van der Waals surface area contributed by atoms with E-state index < -0.39 is 11.9 Å². The van der Waals surface area contributed by atoms with Gasteiger partial charge in [0.25, 0.3) is 11.8 Å². The van der Waals surface area contributed by atoms with Crippen LogP contribution in [0.2, 0.25) is 0 Å². The summed E-state index contributed by atoms with van der Waals surface area (Å²) in [6, 6.07) is 0. The molecule has 0 unspecified atom stereocenters. The first-order chi connectivity index (χ1) is 10.3. The Morgan fingerprint density at radius 2 is 1.91 bits per heavy atom. The van der Waals surface area contributed by atoms with Crippen LogP contribution in [0, 0.1) is 6.92 Å². The molecule has 1 rings (SSSR count). The van der Waals surface area contributed by atoms with E-state index in [4.69, 9.17) is 9.47 Å². The molecule has 0 aliphatic rings. The SMILES string of the molecule is CCOC(=O)c1c(NC(=O)COC)sc(C(=O)N(C)C)c1C. The van der Waals surface area contributed by atoms with Crippen LogP contribution in [-0.4, -0.2) is 57.1 Å². The minimum Gasteiger partial charge on any atom is -0.462 e. The fourth-order valence-corrected chi connectivity index (χ4v) is 2.98. The highest BCUT2D eigenvalue weighted by Crippen LogP contribution is 2.34. The number of anilines is 1. The van der Waals surface area contributed by atoms with Gasteiger partial charge in [-0.2, -0.15) is 0 Å². The molecule has 8 heteroatoms. The third kappa shape index (κ3) is 4.05. The molecule has 0 radical (unpaired) electrons. The highest BCUT2D eigenvalue weighted by atomic mass is 32.1. The van der Waals surface area contributed by atoms with Crippen molar-refractivity contribution >= 4 is 34.1 Å². The predicted molar refractivity (Wildman–Crippen MR) is 83.5 cm³/mol. The van der Waals surface area contributed by atoms with E-state index in [0.717, 1.165) is 11.3 Å². The molecule has 122 valence electrons. The lowest BCUT2D eigenvalue weighted by molar-refractivity contribution is -0.119. The average molecular weight is 328 g/mol. The molecule has 1 heterocycles. The van der Waals surface area contributed by atoms with Crippen molar-refractivity contribution < 1.29 is 23.9 Å². The summed E-state index contributed by atoms with van der Waals surface area (Å²) in [7, 11) is 4.63. The van der Waals surface area contributed by atoms with E-state index in [9.17, 15) is 14.4 Å². The number of nitrogens with one attached hydrogen (secondary N) is 1. The number of rotatable bonds is 6. The van der Waals surface area contributed by atoms with Gasteiger partial charge in [-0.3, -0.25) is 9.59 Å². The topological polar surface area (TPSA) is 84.9 Å². The van der Waals surface area contributed by atoms with Crippen LogP contribution in [0.5, 0.6) is 0 Å². The Balaban J connectivity index is 3.27. The molecular formula is C14H20N2O5S. The van der Waals surface area contributed by atoms with Gasteiger partial charge in [0.2, 0.25) is 0 Å². The van der Waals surface area contributed by atoms with Crippen molar-refractivity contribution in [2.75, 3.05) is 39.7 Å². The minimum atomic E-state index is -0.568. The Labute approximate surface area is 133 Å². The Kier molecular flexibility index (Phi) is 6.51. The largest absolute Gasteiger partial charge is 0.462 e. The van der Waals surface area contributed by atoms with Crippen molar-refractivity contribution in [1.82, 2.24) is 4.90 Å². The second-order valence-electron chi connectivity index (χ2n) is 4.66. The Morgan fingerprint density at radius 1 is 1.27 bits per heavy atom. The van der Waals surface area contributed by atoms with Gasteiger partial charge in [-0.1, -0.05) is 0 Å². The van der Waals surface area contributed by atoms with Gasteiger partial charge in [0, 0.05) is 21.2 Å². The molecule has 0 atom stereocenters. The van der Waals surface area contributed by atoms with Crippen LogP contribution in [0.1, 0.15) is 32.5 Å². The number of hydrogen-bond acceptors (Lipinski definition) is 6. The molecule has 0 spiro atoms. The molecule has 1 N–H and O–H groups in total. The third-order valence-electron chi connectivity index (χ3n) is 2.76. The molecule has 0 aromatic carbocycles. The van der Waals surface area contributed by atoms with Gasteiger partial charge in [0.15, 0.2) is 0 Å². The first-order valence-electron chi connectivity index (χ1n) is 6.64. The highest BCUT2D eigenvalue weighted by Gasteiger charge is 2.27. The van der Waals surface area contributed by atoms with Crippen LogP contribution >= 0.6 is 11.3 Å². The maximum atomic E-state index is 12.2. The summed E-state index contributed by atoms with van der Waals surface area (Å²) in [5.74, 6) is -1.21. The number of ether oxygens (including phenoxy) is 2. The van der Waals surface area contributed by atoms with E-state index >= 15 is 0 Å². The van der Waals surface area contributed by atoms with E-state index in [0.29, 0.717) is 15.4 Å². The fraction of sp³-hybridized carbons (Fsp3) is 0.500. The number of hydrogen-bond donors (Lipinski definition) is 1. The minimum absolute atomic E-state index is 0.143. The van der Waals surface area contributed by atoms with Crippen LogP contribution in [0.3, 0.4) is 0 Å². The van der Waals surface area contributed by atoms with Gasteiger partial charge in [-0.05, 0) is 19.4 Å². The zero-order chi connectivity index (χ0) is 16.9. The second kappa shape index (κ2) is 7.90. The van der Waals surface area contributed by atoms with Crippen LogP contribution in [0.25, 0.3) is 0 Å². The predicted octanol–water partition coefficient (Wildman–Crippen LogP) is 1.52. The van der Waals surface area contributed by atoms with E-state index in [1.807, 2.05) is 0 Å². The molecule has 0 saturated heterocycles. The Hall–Kier alpha value is -1.93. The van der Waals surface area contributed by atoms with Gasteiger partial charge in [-0.15, -0.1) is 11.3 Å². The number of thiophene rings is 1. The normalized spacial score (nSPS) is 10.2. The van der Waals surface area contributed by atoms with Crippen LogP contribution in [0.4, 0.5) is 5.00 Å². The van der Waals surface area contributed by atoms with Crippen molar-refractivity contribution in [1.29, 1.82) is 0 Å². The average Bonchev–Trinajstić information content (AvgIpc) is 2.74. The van der Waals surface area contributed by atoms with Crippen LogP contribution in [0.15, 0.2) is 0 Å². The maximum absolute atomic E-state index is 12.2. The molecule has 0 aliphatic carbocycles. The van der Waals surface area contributed by atoms with E-state index in [-0.39, 0.29) is 24.7 Å². The number of methoxy groups -OCH3 is 1. The lowest BCUT2D eigenvalue weighted by atomic mass is 10.1. The summed E-state index contributed by atoms with van der Waals surface area (Å²) in [5, 5.41) is 2.88. The summed E-state index contributed by atoms with van der Waals surface area (Å²) in [4.78, 5) is 37.8. The van der Waals surface area contributed by atoms with Crippen molar-refractivity contribution in [3.05, 3.63) is 16.0 Å². The Bertz CT molecular complexity index is 580. The van der Waals surface area contributed by atoms with Crippen LogP contribution < -0.4 is 5.32 Å². The van der Waals surface area contributed by atoms with Gasteiger partial charge in [0.05, 0.1) is 17.0 Å². The zero-order valence-corrected chi connectivity index (χ0v) is 14.1. The molecular weight excluding hydrogens is 308 g/mol. The lowest BCUT2D eigenvalue weighted by Crippen LogP contribution is -2.21. The molecule has 0 bridgehead atoms. The number of nitrogens with zero attached hydrogens (tertiary/aromatic N) is 1. The molecule has 1 aromatic rings. The maximum Gasteiger partial charge on any atom is 0.341 e. The number of amides is 2. The van der Waals surface area contributed by atoms with Gasteiger partial charge in [-0.25, -0.2) is 4.79 Å². The molecule has 0 fully saturated rings. The van der Waals surface area contributed by atoms with Crippen molar-refractivity contribution in [3.8, 4) is 0 Å². The Morgan fingerprint density at radius 3 is 2.41 bits per heavy atom. The van der Waals surface area contributed by atoms with Crippen molar-refractivity contribution in [2.24, 2.45) is 0 Å². The number of carbonyl (C=O) groups is 3. The number of esters is 1. The highest BCUT2D eigenvalue weighted by molar-refractivity contribution is 7.18. The van der Waals surface area contributed by atoms with E-state index in [1.54, 1.807) is 27.9 Å². The van der Waals surface area contributed by atoms with E-state index in [2.05, 4.69) is 5.32 Å². The summed E-state index contributed by atoms with van der Waals surface area (Å²) in [6.07, 6.45) is 0. The molecule has 0 saturated carbocycles. The molecule has 2 amide bonds. The summed E-state index contributed by atoms with van der Waals surface area (Å²) in [6.45, 7) is 3.41. The standard InChI is InChI=1S/C14H20N2O5S/c1-6-21-14(19)10-8(2)11(13(18)16(3)4)22-12(10)15-9(17)7-20-5/h6-7H2,1-5H3,(H,15,17). The molecule has 22 heavy (non-hydrogen) atoms. The van der Waals surface area contributed by atoms with E-state index in [1.165, 1.54) is 12.0 Å². The quantitative estimate of drug-likeness (QED) is 0.800. The number of carbonyl (C=O) groups excluding carboxylic acids is 3. The van der Waals surface area contributed by atoms with Crippen molar-refractivity contribution in [3.63, 3.8) is 0 Å². The second-order valence-corrected chi connectivity index (χ2v) is 5.68. The van der Waals surface area contributed by atoms with Gasteiger partial charge < -0.3 is 19.7 Å². The van der Waals surface area contributed by atoms with Gasteiger partial charge in [0.1, 0.15) is 11.6 Å². The molecule has 0 aliphatic heterocycles. The third-order valence-corrected chi connectivity index (χ3v) is 3.95. The molecule has 7 nitrogen and oxygen atoms in total. The summed E-state index contributed by atoms with van der Waals surface area (Å²) < 4.78 is 9.75. The first kappa shape index (κ1) is 18.1.